The summed E-state index contributed by atoms with van der Waals surface area (Å²) < 4.78 is 1.63. The number of pyridine rings is 1. The van der Waals surface area contributed by atoms with Crippen molar-refractivity contribution in [1.82, 2.24) is 14.8 Å². The zero-order valence-corrected chi connectivity index (χ0v) is 12.0. The average Bonchev–Trinajstić information content (AvgIpc) is 2.43. The molecule has 0 aliphatic heterocycles. The van der Waals surface area contributed by atoms with Gasteiger partial charge < -0.3 is 0 Å². The monoisotopic (exact) mass is 281 g/mol. The van der Waals surface area contributed by atoms with E-state index in [1.165, 1.54) is 32.1 Å². The van der Waals surface area contributed by atoms with Crippen LogP contribution in [0.3, 0.4) is 0 Å². The lowest BCUT2D eigenvalue weighted by Crippen LogP contribution is -2.45. The zero-order chi connectivity index (χ0) is 14.3. The van der Waals surface area contributed by atoms with Gasteiger partial charge in [0.05, 0.1) is 5.69 Å². The Balaban J connectivity index is 1.53. The Labute approximate surface area is 123 Å². The van der Waals surface area contributed by atoms with E-state index >= 15 is 0 Å². The summed E-state index contributed by atoms with van der Waals surface area (Å²) in [5, 5.41) is 4.50. The minimum absolute atomic E-state index is 0.00996. The van der Waals surface area contributed by atoms with Gasteiger partial charge in [0.1, 0.15) is 5.69 Å². The summed E-state index contributed by atoms with van der Waals surface area (Å²) in [6, 6.07) is 9.10. The first-order valence-electron chi connectivity index (χ1n) is 7.74. The van der Waals surface area contributed by atoms with Crippen molar-refractivity contribution in [3.63, 3.8) is 0 Å². The topological polar surface area (TPSA) is 47.8 Å². The minimum Gasteiger partial charge on any atom is -0.268 e. The summed E-state index contributed by atoms with van der Waals surface area (Å²) >= 11 is 0. The van der Waals surface area contributed by atoms with Gasteiger partial charge in [0.2, 0.25) is 0 Å². The van der Waals surface area contributed by atoms with Crippen LogP contribution in [-0.2, 0) is 6.54 Å². The second-order valence-electron chi connectivity index (χ2n) is 6.58. The van der Waals surface area contributed by atoms with Crippen LogP contribution in [0.2, 0.25) is 0 Å². The maximum atomic E-state index is 12.0. The number of rotatable bonds is 3. The quantitative estimate of drug-likeness (QED) is 0.869. The average molecular weight is 281 g/mol. The molecule has 2 heterocycles. The highest BCUT2D eigenvalue weighted by Crippen LogP contribution is 2.58. The zero-order valence-electron chi connectivity index (χ0n) is 12.0. The molecule has 2 aliphatic rings. The molecular weight excluding hydrogens is 262 g/mol. The Bertz CT molecular complexity index is 695. The molecular formula is C17H19N3O. The van der Waals surface area contributed by atoms with Gasteiger partial charge in [-0.15, -0.1) is 0 Å². The van der Waals surface area contributed by atoms with Crippen LogP contribution in [0, 0.1) is 11.3 Å². The Hall–Kier alpha value is -1.97. The SMILES string of the molecule is O=c1ccc(-c2ccccn2)nn1CC1CC2(CCC2)C1. The van der Waals surface area contributed by atoms with E-state index in [9.17, 15) is 4.79 Å². The lowest BCUT2D eigenvalue weighted by molar-refractivity contribution is -0.0328. The lowest BCUT2D eigenvalue weighted by atomic mass is 9.52. The molecule has 0 N–H and O–H groups in total. The van der Waals surface area contributed by atoms with Crippen molar-refractivity contribution in [2.45, 2.75) is 38.6 Å². The van der Waals surface area contributed by atoms with Crippen molar-refractivity contribution >= 4 is 0 Å². The van der Waals surface area contributed by atoms with Gasteiger partial charge in [0.15, 0.2) is 0 Å². The molecule has 2 fully saturated rings. The van der Waals surface area contributed by atoms with Crippen LogP contribution in [0.15, 0.2) is 41.3 Å². The van der Waals surface area contributed by atoms with Crippen molar-refractivity contribution in [1.29, 1.82) is 0 Å². The van der Waals surface area contributed by atoms with Gasteiger partial charge in [0.25, 0.3) is 5.56 Å². The van der Waals surface area contributed by atoms with Crippen molar-refractivity contribution < 1.29 is 0 Å². The summed E-state index contributed by atoms with van der Waals surface area (Å²) in [5.74, 6) is 0.620. The van der Waals surface area contributed by atoms with Crippen molar-refractivity contribution in [3.8, 4) is 11.4 Å². The Morgan fingerprint density at radius 1 is 1.14 bits per heavy atom. The third kappa shape index (κ3) is 2.28. The summed E-state index contributed by atoms with van der Waals surface area (Å²) in [6.07, 6.45) is 8.46. The fourth-order valence-corrected chi connectivity index (χ4v) is 3.85. The predicted octanol–water partition coefficient (Wildman–Crippen LogP) is 2.89. The van der Waals surface area contributed by atoms with Crippen molar-refractivity contribution in [2.75, 3.05) is 0 Å². The number of nitrogens with zero attached hydrogens (tertiary/aromatic N) is 3. The van der Waals surface area contributed by atoms with Crippen LogP contribution in [0.1, 0.15) is 32.1 Å². The van der Waals surface area contributed by atoms with Gasteiger partial charge in [-0.25, -0.2) is 4.68 Å². The van der Waals surface area contributed by atoms with Crippen molar-refractivity contribution in [3.05, 3.63) is 46.9 Å². The normalized spacial score (nSPS) is 20.0. The summed E-state index contributed by atoms with van der Waals surface area (Å²) in [4.78, 5) is 16.3. The Kier molecular flexibility index (Phi) is 2.91. The predicted molar refractivity (Wildman–Crippen MR) is 80.7 cm³/mol. The molecule has 2 aromatic heterocycles. The fraction of sp³-hybridized carbons (Fsp3) is 0.471. The number of hydrogen-bond acceptors (Lipinski definition) is 3. The molecule has 2 aliphatic carbocycles. The standard InChI is InChI=1S/C17H19N3O/c21-16-6-5-15(14-4-1-2-9-18-14)19-20(16)12-13-10-17(11-13)7-3-8-17/h1-2,4-6,9,13H,3,7-8,10-12H2. The molecule has 0 aromatic carbocycles. The largest absolute Gasteiger partial charge is 0.268 e. The van der Waals surface area contributed by atoms with Gasteiger partial charge >= 0.3 is 0 Å². The molecule has 0 radical (unpaired) electrons. The van der Waals surface area contributed by atoms with E-state index in [-0.39, 0.29) is 5.56 Å². The van der Waals surface area contributed by atoms with Crippen LogP contribution >= 0.6 is 0 Å². The van der Waals surface area contributed by atoms with E-state index in [0.29, 0.717) is 11.3 Å². The maximum Gasteiger partial charge on any atom is 0.266 e. The fourth-order valence-electron chi connectivity index (χ4n) is 3.85. The second kappa shape index (κ2) is 4.79. The maximum absolute atomic E-state index is 12.0. The van der Waals surface area contributed by atoms with Crippen LogP contribution in [0.5, 0.6) is 0 Å². The van der Waals surface area contributed by atoms with Gasteiger partial charge in [-0.2, -0.15) is 5.10 Å². The highest BCUT2D eigenvalue weighted by Gasteiger charge is 2.47. The molecule has 2 aromatic rings. The third-order valence-corrected chi connectivity index (χ3v) is 5.08. The highest BCUT2D eigenvalue weighted by molar-refractivity contribution is 5.52. The molecule has 4 nitrogen and oxygen atoms in total. The van der Waals surface area contributed by atoms with Crippen LogP contribution in [0.4, 0.5) is 0 Å². The molecule has 4 rings (SSSR count). The van der Waals surface area contributed by atoms with Gasteiger partial charge in [-0.3, -0.25) is 9.78 Å². The van der Waals surface area contributed by atoms with E-state index in [1.807, 2.05) is 18.2 Å². The van der Waals surface area contributed by atoms with Crippen LogP contribution in [0.25, 0.3) is 11.4 Å². The number of hydrogen-bond donors (Lipinski definition) is 0. The van der Waals surface area contributed by atoms with E-state index in [1.54, 1.807) is 23.0 Å². The first kappa shape index (κ1) is 12.7. The van der Waals surface area contributed by atoms with E-state index in [0.717, 1.165) is 17.9 Å². The third-order valence-electron chi connectivity index (χ3n) is 5.08. The van der Waals surface area contributed by atoms with Gasteiger partial charge in [-0.1, -0.05) is 12.5 Å². The highest BCUT2D eigenvalue weighted by atomic mass is 16.1. The molecule has 0 bridgehead atoms. The summed E-state index contributed by atoms with van der Waals surface area (Å²) in [5.41, 5.74) is 2.22. The van der Waals surface area contributed by atoms with E-state index < -0.39 is 0 Å². The second-order valence-corrected chi connectivity index (χ2v) is 6.58. The molecule has 0 saturated heterocycles. The molecule has 2 saturated carbocycles. The Morgan fingerprint density at radius 2 is 2.00 bits per heavy atom. The molecule has 108 valence electrons. The molecule has 21 heavy (non-hydrogen) atoms. The van der Waals surface area contributed by atoms with E-state index in [4.69, 9.17) is 0 Å². The molecule has 0 atom stereocenters. The summed E-state index contributed by atoms with van der Waals surface area (Å²) in [7, 11) is 0. The minimum atomic E-state index is -0.00996. The van der Waals surface area contributed by atoms with Gasteiger partial charge in [0, 0.05) is 18.8 Å². The summed E-state index contributed by atoms with van der Waals surface area (Å²) in [6.45, 7) is 0.751. The first-order chi connectivity index (χ1) is 10.2. The van der Waals surface area contributed by atoms with E-state index in [2.05, 4.69) is 10.1 Å². The molecule has 0 amide bonds. The van der Waals surface area contributed by atoms with Crippen molar-refractivity contribution in [2.24, 2.45) is 11.3 Å². The van der Waals surface area contributed by atoms with Crippen LogP contribution < -0.4 is 5.56 Å². The molecule has 1 spiro atoms. The Morgan fingerprint density at radius 3 is 2.67 bits per heavy atom. The smallest absolute Gasteiger partial charge is 0.266 e. The molecule has 0 unspecified atom stereocenters. The molecule has 4 heteroatoms. The van der Waals surface area contributed by atoms with Crippen LogP contribution in [-0.4, -0.2) is 14.8 Å². The number of aromatic nitrogens is 3. The lowest BCUT2D eigenvalue weighted by Gasteiger charge is -2.54. The van der Waals surface area contributed by atoms with Gasteiger partial charge in [-0.05, 0) is 55.2 Å². The first-order valence-corrected chi connectivity index (χ1v) is 7.74.